The Kier molecular flexibility index (Phi) is 5.93. The summed E-state index contributed by atoms with van der Waals surface area (Å²) in [6.07, 6.45) is 3.59. The predicted molar refractivity (Wildman–Crippen MR) is 109 cm³/mol. The van der Waals surface area contributed by atoms with E-state index in [1.807, 2.05) is 6.20 Å². The number of nitrogens with one attached hydrogen (secondary N) is 1. The number of aromatic amines is 1. The van der Waals surface area contributed by atoms with Crippen molar-refractivity contribution in [3.63, 3.8) is 0 Å². The summed E-state index contributed by atoms with van der Waals surface area (Å²) < 4.78 is 11.4. The third-order valence-corrected chi connectivity index (χ3v) is 4.94. The molecule has 0 bridgehead atoms. The Labute approximate surface area is 162 Å². The van der Waals surface area contributed by atoms with Gasteiger partial charge in [-0.1, -0.05) is 30.3 Å². The number of imidazole rings is 1. The molecule has 26 heavy (non-hydrogen) atoms. The summed E-state index contributed by atoms with van der Waals surface area (Å²) in [5, 5.41) is 4.42. The number of thiophene rings is 1. The number of benzene rings is 2. The van der Waals surface area contributed by atoms with Gasteiger partial charge in [0, 0.05) is 29.9 Å². The smallest absolute Gasteiger partial charge is 0.141 e. The summed E-state index contributed by atoms with van der Waals surface area (Å²) in [5.41, 5.74) is 2.07. The molecule has 2 aromatic heterocycles. The van der Waals surface area contributed by atoms with E-state index in [9.17, 15) is 0 Å². The molecular weight excluding hydrogens is 368 g/mol. The third kappa shape index (κ3) is 3.46. The molecule has 0 amide bonds. The first-order valence-electron chi connectivity index (χ1n) is 8.09. The molecule has 0 fully saturated rings. The minimum Gasteiger partial charge on any atom is -0.490 e. The van der Waals surface area contributed by atoms with Crippen molar-refractivity contribution >= 4 is 34.5 Å². The van der Waals surface area contributed by atoms with Crippen LogP contribution in [-0.4, -0.2) is 30.3 Å². The van der Waals surface area contributed by atoms with Crippen molar-refractivity contribution in [1.29, 1.82) is 0 Å². The topological polar surface area (TPSA) is 47.1 Å². The summed E-state index contributed by atoms with van der Waals surface area (Å²) in [5.74, 6) is 1.64. The summed E-state index contributed by atoms with van der Waals surface area (Å²) in [4.78, 5) is 8.82. The average Bonchev–Trinajstić information content (AvgIpc) is 3.35. The van der Waals surface area contributed by atoms with Crippen LogP contribution in [0.2, 0.25) is 0 Å². The lowest BCUT2D eigenvalue weighted by molar-refractivity contribution is 0.147. The highest BCUT2D eigenvalue weighted by atomic mass is 35.5. The molecule has 6 heteroatoms. The van der Waals surface area contributed by atoms with Gasteiger partial charge in [-0.2, -0.15) is 0 Å². The summed E-state index contributed by atoms with van der Waals surface area (Å²) in [6.45, 7) is 1.02. The van der Waals surface area contributed by atoms with Gasteiger partial charge in [-0.15, -0.1) is 23.7 Å². The highest BCUT2D eigenvalue weighted by Crippen LogP contribution is 2.44. The monoisotopic (exact) mass is 386 g/mol. The fourth-order valence-corrected chi connectivity index (χ4v) is 3.74. The number of aromatic nitrogens is 2. The van der Waals surface area contributed by atoms with Crippen LogP contribution in [0.5, 0.6) is 5.75 Å². The number of H-pyrrole nitrogens is 1. The number of fused-ring (bicyclic) bond motifs is 1. The number of rotatable bonds is 6. The Morgan fingerprint density at radius 3 is 2.73 bits per heavy atom. The number of hydrogen-bond acceptors (Lipinski definition) is 4. The first-order chi connectivity index (χ1) is 12.4. The molecule has 1 N–H and O–H groups in total. The average molecular weight is 387 g/mol. The van der Waals surface area contributed by atoms with E-state index in [0.29, 0.717) is 13.2 Å². The Morgan fingerprint density at radius 2 is 2.00 bits per heavy atom. The molecule has 0 saturated heterocycles. The van der Waals surface area contributed by atoms with E-state index in [4.69, 9.17) is 9.47 Å². The fraction of sp³-hybridized carbons (Fsp3) is 0.150. The van der Waals surface area contributed by atoms with Gasteiger partial charge in [0.05, 0.1) is 12.2 Å². The van der Waals surface area contributed by atoms with Gasteiger partial charge in [0.25, 0.3) is 0 Å². The number of hydrogen-bond donors (Lipinski definition) is 1. The second kappa shape index (κ2) is 8.36. The van der Waals surface area contributed by atoms with Crippen LogP contribution in [0.4, 0.5) is 0 Å². The van der Waals surface area contributed by atoms with E-state index in [-0.39, 0.29) is 12.4 Å². The van der Waals surface area contributed by atoms with Crippen molar-refractivity contribution in [2.24, 2.45) is 0 Å². The molecule has 4 rings (SSSR count). The van der Waals surface area contributed by atoms with Crippen LogP contribution < -0.4 is 4.74 Å². The molecule has 4 aromatic rings. The van der Waals surface area contributed by atoms with Gasteiger partial charge in [-0.25, -0.2) is 4.98 Å². The second-order valence-corrected chi connectivity index (χ2v) is 6.55. The molecule has 0 saturated carbocycles. The molecule has 2 heterocycles. The Hall–Kier alpha value is -2.34. The van der Waals surface area contributed by atoms with E-state index in [1.165, 1.54) is 10.3 Å². The van der Waals surface area contributed by atoms with Gasteiger partial charge in [0.1, 0.15) is 18.2 Å². The summed E-state index contributed by atoms with van der Waals surface area (Å²) >= 11 is 1.71. The van der Waals surface area contributed by atoms with Crippen molar-refractivity contribution in [3.8, 4) is 27.6 Å². The van der Waals surface area contributed by atoms with Gasteiger partial charge >= 0.3 is 0 Å². The predicted octanol–water partition coefficient (Wildman–Crippen LogP) is 5.41. The maximum absolute atomic E-state index is 6.19. The second-order valence-electron chi connectivity index (χ2n) is 5.61. The fourth-order valence-electron chi connectivity index (χ4n) is 2.96. The Balaban J connectivity index is 0.00000196. The van der Waals surface area contributed by atoms with Crippen LogP contribution in [0.3, 0.4) is 0 Å². The van der Waals surface area contributed by atoms with Crippen molar-refractivity contribution in [1.82, 2.24) is 9.97 Å². The Morgan fingerprint density at radius 1 is 1.12 bits per heavy atom. The third-order valence-electron chi connectivity index (χ3n) is 4.06. The molecule has 0 aliphatic heterocycles. The van der Waals surface area contributed by atoms with Crippen molar-refractivity contribution in [2.75, 3.05) is 20.3 Å². The largest absolute Gasteiger partial charge is 0.490 e. The minimum atomic E-state index is 0. The zero-order chi connectivity index (χ0) is 17.1. The van der Waals surface area contributed by atoms with Gasteiger partial charge in [-0.3, -0.25) is 0 Å². The van der Waals surface area contributed by atoms with Crippen LogP contribution >= 0.6 is 23.7 Å². The van der Waals surface area contributed by atoms with Crippen LogP contribution in [0.15, 0.2) is 60.2 Å². The molecule has 0 radical (unpaired) electrons. The zero-order valence-electron chi connectivity index (χ0n) is 14.3. The van der Waals surface area contributed by atoms with Gasteiger partial charge in [0.15, 0.2) is 0 Å². The first-order valence-corrected chi connectivity index (χ1v) is 8.97. The summed E-state index contributed by atoms with van der Waals surface area (Å²) in [7, 11) is 1.68. The molecule has 0 spiro atoms. The SMILES string of the molecule is COCCOc1c(-c2ncc[nH]2)cc2ccccc2c1-c1cccs1.Cl. The molecule has 4 nitrogen and oxygen atoms in total. The van der Waals surface area contributed by atoms with Crippen LogP contribution in [0.1, 0.15) is 0 Å². The molecular formula is C20H19ClN2O2S. The van der Waals surface area contributed by atoms with Crippen LogP contribution in [0, 0.1) is 0 Å². The van der Waals surface area contributed by atoms with Crippen molar-refractivity contribution in [2.45, 2.75) is 0 Å². The van der Waals surface area contributed by atoms with Gasteiger partial charge in [-0.05, 0) is 28.3 Å². The van der Waals surface area contributed by atoms with Gasteiger partial charge < -0.3 is 14.5 Å². The molecule has 2 aromatic carbocycles. The number of ether oxygens (including phenoxy) is 2. The first kappa shape index (κ1) is 18.5. The lowest BCUT2D eigenvalue weighted by Crippen LogP contribution is -2.06. The molecule has 0 atom stereocenters. The standard InChI is InChI=1S/C20H18N2O2S.ClH/c1-23-10-11-24-19-16(20-21-8-9-22-20)13-14-5-2-3-6-15(14)18(19)17-7-4-12-25-17;/h2-9,12-13H,10-11H2,1H3,(H,21,22);1H. The number of halogens is 1. The van der Waals surface area contributed by atoms with E-state index in [0.717, 1.165) is 28.1 Å². The van der Waals surface area contributed by atoms with Crippen LogP contribution in [-0.2, 0) is 4.74 Å². The minimum absolute atomic E-state index is 0. The Bertz CT molecular complexity index is 969. The molecule has 134 valence electrons. The lowest BCUT2D eigenvalue weighted by atomic mass is 9.97. The normalized spacial score (nSPS) is 10.7. The maximum Gasteiger partial charge on any atom is 0.141 e. The number of nitrogens with zero attached hydrogens (tertiary/aromatic N) is 1. The highest BCUT2D eigenvalue weighted by Gasteiger charge is 2.19. The highest BCUT2D eigenvalue weighted by molar-refractivity contribution is 7.13. The van der Waals surface area contributed by atoms with E-state index in [1.54, 1.807) is 24.6 Å². The molecule has 0 unspecified atom stereocenters. The van der Waals surface area contributed by atoms with Gasteiger partial charge in [0.2, 0.25) is 0 Å². The number of methoxy groups -OCH3 is 1. The van der Waals surface area contributed by atoms with Crippen molar-refractivity contribution in [3.05, 3.63) is 60.2 Å². The lowest BCUT2D eigenvalue weighted by Gasteiger charge is -2.17. The van der Waals surface area contributed by atoms with Crippen molar-refractivity contribution < 1.29 is 9.47 Å². The summed E-state index contributed by atoms with van der Waals surface area (Å²) in [6, 6.07) is 14.7. The molecule has 0 aliphatic carbocycles. The van der Waals surface area contributed by atoms with E-state index in [2.05, 4.69) is 57.8 Å². The zero-order valence-corrected chi connectivity index (χ0v) is 15.9. The maximum atomic E-state index is 6.19. The van der Waals surface area contributed by atoms with E-state index >= 15 is 0 Å². The quantitative estimate of drug-likeness (QED) is 0.451. The van der Waals surface area contributed by atoms with Crippen LogP contribution in [0.25, 0.3) is 32.6 Å². The molecule has 0 aliphatic rings. The van der Waals surface area contributed by atoms with E-state index < -0.39 is 0 Å².